The molecule has 200 valence electrons. The van der Waals surface area contributed by atoms with Crippen LogP contribution in [0.2, 0.25) is 0 Å². The number of carbonyl (C=O) groups is 2. The van der Waals surface area contributed by atoms with Gasteiger partial charge in [-0.1, -0.05) is 61.9 Å². The number of benzene rings is 3. The van der Waals surface area contributed by atoms with Gasteiger partial charge in [0, 0.05) is 0 Å². The quantitative estimate of drug-likeness (QED) is 0.212. The number of hydrazone groups is 1. The Balaban J connectivity index is 1.53. The molecule has 3 rings (SSSR count). The molecule has 38 heavy (non-hydrogen) atoms. The number of rotatable bonds is 12. The summed E-state index contributed by atoms with van der Waals surface area (Å²) in [5, 5.41) is 6.85. The summed E-state index contributed by atoms with van der Waals surface area (Å²) in [5.41, 5.74) is 6.53. The Bertz CT molecular complexity index is 1260. The molecule has 0 spiro atoms. The zero-order valence-electron chi connectivity index (χ0n) is 22.2. The third-order valence-corrected chi connectivity index (χ3v) is 6.29. The Morgan fingerprint density at radius 1 is 0.974 bits per heavy atom. The fourth-order valence-electron chi connectivity index (χ4n) is 3.61. The highest BCUT2D eigenvalue weighted by atomic mass is 79.9. The first-order valence-corrected chi connectivity index (χ1v) is 13.3. The molecule has 0 fully saturated rings. The van der Waals surface area contributed by atoms with E-state index in [1.165, 1.54) is 5.56 Å². The van der Waals surface area contributed by atoms with Gasteiger partial charge in [-0.05, 0) is 83.1 Å². The van der Waals surface area contributed by atoms with Crippen LogP contribution in [0.25, 0.3) is 0 Å². The molecule has 7 nitrogen and oxygen atoms in total. The number of halogens is 1. The van der Waals surface area contributed by atoms with Gasteiger partial charge in [0.15, 0.2) is 6.61 Å². The van der Waals surface area contributed by atoms with Crippen LogP contribution in [0.3, 0.4) is 0 Å². The van der Waals surface area contributed by atoms with E-state index in [9.17, 15) is 9.59 Å². The van der Waals surface area contributed by atoms with Crippen molar-refractivity contribution in [2.45, 2.75) is 46.8 Å². The number of para-hydroxylation sites is 1. The van der Waals surface area contributed by atoms with Gasteiger partial charge in [0.1, 0.15) is 24.1 Å². The van der Waals surface area contributed by atoms with Gasteiger partial charge in [-0.25, -0.2) is 5.43 Å². The molecule has 3 aromatic carbocycles. The molecule has 0 aliphatic rings. The number of hydrogen-bond donors (Lipinski definition) is 2. The van der Waals surface area contributed by atoms with Crippen molar-refractivity contribution in [2.24, 2.45) is 11.0 Å². The molecule has 0 unspecified atom stereocenters. The molecule has 0 heterocycles. The first kappa shape index (κ1) is 28.9. The van der Waals surface area contributed by atoms with Crippen molar-refractivity contribution < 1.29 is 19.1 Å². The summed E-state index contributed by atoms with van der Waals surface area (Å²) in [6, 6.07) is 20.5. The number of aryl methyl sites for hydroxylation is 2. The average Bonchev–Trinajstić information content (AvgIpc) is 2.88. The lowest BCUT2D eigenvalue weighted by Crippen LogP contribution is -2.47. The fourth-order valence-corrected chi connectivity index (χ4v) is 4.12. The van der Waals surface area contributed by atoms with E-state index in [0.29, 0.717) is 24.5 Å². The monoisotopic (exact) mass is 579 g/mol. The van der Waals surface area contributed by atoms with E-state index in [0.717, 1.165) is 21.2 Å². The van der Waals surface area contributed by atoms with Crippen LogP contribution in [-0.2, 0) is 16.2 Å². The van der Waals surface area contributed by atoms with Crippen LogP contribution >= 0.6 is 15.9 Å². The topological polar surface area (TPSA) is 89.0 Å². The summed E-state index contributed by atoms with van der Waals surface area (Å²) in [7, 11) is 0. The number of hydrogen-bond acceptors (Lipinski definition) is 5. The van der Waals surface area contributed by atoms with Crippen LogP contribution in [0, 0.1) is 19.8 Å². The first-order valence-electron chi connectivity index (χ1n) is 12.5. The maximum atomic E-state index is 12.8. The van der Waals surface area contributed by atoms with Crippen molar-refractivity contribution >= 4 is 34.0 Å². The normalized spacial score (nSPS) is 11.8. The van der Waals surface area contributed by atoms with E-state index >= 15 is 0 Å². The van der Waals surface area contributed by atoms with Crippen molar-refractivity contribution in [3.8, 4) is 11.5 Å². The number of nitrogens with zero attached hydrogens (tertiary/aromatic N) is 1. The lowest BCUT2D eigenvalue weighted by molar-refractivity contribution is -0.130. The number of amides is 2. The Labute approximate surface area is 232 Å². The van der Waals surface area contributed by atoms with Crippen molar-refractivity contribution in [1.29, 1.82) is 0 Å². The van der Waals surface area contributed by atoms with Crippen molar-refractivity contribution in [3.63, 3.8) is 0 Å². The second-order valence-electron chi connectivity index (χ2n) is 9.50. The molecule has 0 aliphatic carbocycles. The minimum absolute atomic E-state index is 0.178. The second kappa shape index (κ2) is 14.3. The molecule has 0 bridgehead atoms. The number of ether oxygens (including phenoxy) is 2. The zero-order valence-corrected chi connectivity index (χ0v) is 23.7. The maximum Gasteiger partial charge on any atom is 0.262 e. The lowest BCUT2D eigenvalue weighted by atomic mass is 10.0. The fraction of sp³-hybridized carbons (Fsp3) is 0.300. The van der Waals surface area contributed by atoms with Gasteiger partial charge < -0.3 is 14.8 Å². The molecule has 0 aromatic heterocycles. The van der Waals surface area contributed by atoms with Gasteiger partial charge in [0.05, 0.1) is 10.7 Å². The van der Waals surface area contributed by atoms with E-state index in [1.54, 1.807) is 12.3 Å². The molecule has 1 atom stereocenters. The summed E-state index contributed by atoms with van der Waals surface area (Å²) >= 11 is 3.53. The summed E-state index contributed by atoms with van der Waals surface area (Å²) in [4.78, 5) is 25.3. The van der Waals surface area contributed by atoms with Gasteiger partial charge in [-0.2, -0.15) is 5.10 Å². The predicted molar refractivity (Wildman–Crippen MR) is 153 cm³/mol. The summed E-state index contributed by atoms with van der Waals surface area (Å²) < 4.78 is 12.3. The highest BCUT2D eigenvalue weighted by Crippen LogP contribution is 2.26. The number of carbonyl (C=O) groups excluding carboxylic acids is 2. The van der Waals surface area contributed by atoms with Gasteiger partial charge in [-0.3, -0.25) is 9.59 Å². The van der Waals surface area contributed by atoms with Crippen molar-refractivity contribution in [3.05, 3.63) is 93.5 Å². The van der Waals surface area contributed by atoms with Gasteiger partial charge in [-0.15, -0.1) is 0 Å². The molecule has 8 heteroatoms. The third kappa shape index (κ3) is 9.34. The van der Waals surface area contributed by atoms with E-state index in [1.807, 2.05) is 76.2 Å². The molecule has 2 N–H and O–H groups in total. The van der Waals surface area contributed by atoms with Crippen LogP contribution in [0.1, 0.15) is 42.5 Å². The van der Waals surface area contributed by atoms with E-state index in [2.05, 4.69) is 43.9 Å². The molecule has 0 radical (unpaired) electrons. The van der Waals surface area contributed by atoms with E-state index in [-0.39, 0.29) is 18.4 Å². The van der Waals surface area contributed by atoms with E-state index < -0.39 is 11.9 Å². The smallest absolute Gasteiger partial charge is 0.262 e. The summed E-state index contributed by atoms with van der Waals surface area (Å²) in [6.07, 6.45) is 2.01. The van der Waals surface area contributed by atoms with Crippen molar-refractivity contribution in [2.75, 3.05) is 6.61 Å². The van der Waals surface area contributed by atoms with Gasteiger partial charge in [0.25, 0.3) is 11.8 Å². The lowest BCUT2D eigenvalue weighted by Gasteiger charge is -2.19. The highest BCUT2D eigenvalue weighted by molar-refractivity contribution is 9.10. The average molecular weight is 581 g/mol. The van der Waals surface area contributed by atoms with Crippen LogP contribution < -0.4 is 20.2 Å². The molecule has 0 saturated heterocycles. The van der Waals surface area contributed by atoms with E-state index in [4.69, 9.17) is 9.47 Å². The SMILES string of the molecule is Cc1ccc(COc2ccc(/C=N\NC(=O)[C@@H](CC(C)C)NC(=O)COc3ccccc3C)cc2Br)cc1. The Kier molecular flexibility index (Phi) is 10.9. The maximum absolute atomic E-state index is 12.8. The Morgan fingerprint density at radius 3 is 2.39 bits per heavy atom. The van der Waals surface area contributed by atoms with Crippen LogP contribution in [0.4, 0.5) is 0 Å². The first-order chi connectivity index (χ1) is 18.2. The third-order valence-electron chi connectivity index (χ3n) is 5.67. The van der Waals surface area contributed by atoms with Crippen molar-refractivity contribution in [1.82, 2.24) is 10.7 Å². The summed E-state index contributed by atoms with van der Waals surface area (Å²) in [6.45, 7) is 8.21. The molecular weight excluding hydrogens is 546 g/mol. The molecular formula is C30H34BrN3O4. The number of nitrogens with one attached hydrogen (secondary N) is 2. The second-order valence-corrected chi connectivity index (χ2v) is 10.4. The molecule has 2 amide bonds. The van der Waals surface area contributed by atoms with Crippen LogP contribution in [0.5, 0.6) is 11.5 Å². The van der Waals surface area contributed by atoms with Gasteiger partial charge in [0.2, 0.25) is 0 Å². The molecule has 0 saturated carbocycles. The predicted octanol–water partition coefficient (Wildman–Crippen LogP) is 5.70. The summed E-state index contributed by atoms with van der Waals surface area (Å²) in [5.74, 6) is 0.768. The van der Waals surface area contributed by atoms with Gasteiger partial charge >= 0.3 is 0 Å². The highest BCUT2D eigenvalue weighted by Gasteiger charge is 2.22. The largest absolute Gasteiger partial charge is 0.488 e. The molecule has 0 aliphatic heterocycles. The Morgan fingerprint density at radius 2 is 1.71 bits per heavy atom. The Hall–Kier alpha value is -3.65. The minimum atomic E-state index is -0.732. The van der Waals surface area contributed by atoms with Crippen LogP contribution in [0.15, 0.2) is 76.3 Å². The standard InChI is InChI=1S/C30H34BrN3O4/c1-20(2)15-26(33-29(35)19-38-27-8-6-5-7-22(27)4)30(36)34-32-17-24-13-14-28(25(31)16-24)37-18-23-11-9-21(3)10-12-23/h5-14,16-17,20,26H,15,18-19H2,1-4H3,(H,33,35)(H,34,36)/b32-17-/t26-/m1/s1. The minimum Gasteiger partial charge on any atom is -0.488 e. The zero-order chi connectivity index (χ0) is 27.5. The van der Waals surface area contributed by atoms with Crippen LogP contribution in [-0.4, -0.2) is 30.7 Å². The molecule has 3 aromatic rings.